The van der Waals surface area contributed by atoms with Gasteiger partial charge in [-0.2, -0.15) is 0 Å². The van der Waals surface area contributed by atoms with Gasteiger partial charge in [0.1, 0.15) is 11.4 Å². The van der Waals surface area contributed by atoms with Crippen LogP contribution >= 0.6 is 0 Å². The van der Waals surface area contributed by atoms with E-state index in [2.05, 4.69) is 0 Å². The molecule has 0 unspecified atom stereocenters. The summed E-state index contributed by atoms with van der Waals surface area (Å²) in [5.41, 5.74) is -0.0420. The maximum Gasteiger partial charge on any atom is 0.421 e. The van der Waals surface area contributed by atoms with Gasteiger partial charge in [-0.1, -0.05) is 0 Å². The third-order valence-electron chi connectivity index (χ3n) is 2.57. The third kappa shape index (κ3) is 2.65. The van der Waals surface area contributed by atoms with Gasteiger partial charge < -0.3 is 14.6 Å². The van der Waals surface area contributed by atoms with E-state index in [4.69, 9.17) is 9.47 Å². The quantitative estimate of drug-likeness (QED) is 0.858. The van der Waals surface area contributed by atoms with Crippen molar-refractivity contribution in [2.75, 3.05) is 7.11 Å². The molecule has 0 amide bonds. The Morgan fingerprint density at radius 1 is 1.26 bits per heavy atom. The lowest BCUT2D eigenvalue weighted by Crippen LogP contribution is -2.26. The second kappa shape index (κ2) is 4.50. The van der Waals surface area contributed by atoms with Crippen LogP contribution < -0.4 is 4.74 Å². The first-order chi connectivity index (χ1) is 8.81. The van der Waals surface area contributed by atoms with Gasteiger partial charge in [0.25, 0.3) is 0 Å². The molecule has 0 spiro atoms. The summed E-state index contributed by atoms with van der Waals surface area (Å²) in [7, 11) is 1.56. The van der Waals surface area contributed by atoms with Crippen molar-refractivity contribution in [1.82, 2.24) is 4.57 Å². The summed E-state index contributed by atoms with van der Waals surface area (Å²) in [5.74, 6) is 0.506. The van der Waals surface area contributed by atoms with Crippen LogP contribution in [0.25, 0.3) is 10.9 Å². The molecule has 2 aromatic rings. The Hall–Kier alpha value is -2.17. The second-order valence-corrected chi connectivity index (χ2v) is 5.24. The Bertz CT molecular complexity index is 622. The van der Waals surface area contributed by atoms with Gasteiger partial charge in [-0.15, -0.1) is 0 Å². The molecule has 1 aromatic carbocycles. The highest BCUT2D eigenvalue weighted by atomic mass is 16.6. The minimum Gasteiger partial charge on any atom is -0.497 e. The molecule has 0 atom stereocenters. The van der Waals surface area contributed by atoms with Gasteiger partial charge >= 0.3 is 6.09 Å². The monoisotopic (exact) mass is 263 g/mol. The lowest BCUT2D eigenvalue weighted by Gasteiger charge is -2.20. The number of carbonyl (C=O) groups is 1. The number of hydrogen-bond acceptors (Lipinski definition) is 4. The molecule has 0 saturated heterocycles. The van der Waals surface area contributed by atoms with Crippen LogP contribution in [0.2, 0.25) is 0 Å². The SMILES string of the molecule is COc1ccc2c(c1)cc(O)n2C(=O)OC(C)(C)C. The van der Waals surface area contributed by atoms with Gasteiger partial charge in [0.2, 0.25) is 5.88 Å². The topological polar surface area (TPSA) is 60.7 Å². The fraction of sp³-hybridized carbons (Fsp3) is 0.357. The molecule has 0 bridgehead atoms. The highest BCUT2D eigenvalue weighted by Crippen LogP contribution is 2.28. The third-order valence-corrected chi connectivity index (χ3v) is 2.57. The van der Waals surface area contributed by atoms with Crippen LogP contribution in [0.5, 0.6) is 11.6 Å². The number of rotatable bonds is 1. The molecule has 5 heteroatoms. The Morgan fingerprint density at radius 2 is 1.95 bits per heavy atom. The molecule has 0 aliphatic rings. The van der Waals surface area contributed by atoms with E-state index < -0.39 is 11.7 Å². The summed E-state index contributed by atoms with van der Waals surface area (Å²) in [5, 5.41) is 10.6. The van der Waals surface area contributed by atoms with Crippen molar-refractivity contribution < 1.29 is 19.4 Å². The summed E-state index contributed by atoms with van der Waals surface area (Å²) in [6.07, 6.45) is -0.606. The zero-order valence-corrected chi connectivity index (χ0v) is 11.4. The number of nitrogens with zero attached hydrogens (tertiary/aromatic N) is 1. The molecule has 1 aromatic heterocycles. The predicted molar refractivity (Wildman–Crippen MR) is 71.8 cm³/mol. The number of fused-ring (bicyclic) bond motifs is 1. The maximum absolute atomic E-state index is 12.1. The Labute approximate surface area is 111 Å². The fourth-order valence-corrected chi connectivity index (χ4v) is 1.81. The molecule has 1 heterocycles. The number of benzene rings is 1. The molecule has 0 aliphatic carbocycles. The van der Waals surface area contributed by atoms with Crippen molar-refractivity contribution in [3.63, 3.8) is 0 Å². The van der Waals surface area contributed by atoms with E-state index in [1.54, 1.807) is 46.1 Å². The average Bonchev–Trinajstić information content (AvgIpc) is 2.61. The average molecular weight is 263 g/mol. The first kappa shape index (κ1) is 13.3. The Morgan fingerprint density at radius 3 is 2.53 bits per heavy atom. The number of hydrogen-bond donors (Lipinski definition) is 1. The van der Waals surface area contributed by atoms with E-state index in [-0.39, 0.29) is 5.88 Å². The highest BCUT2D eigenvalue weighted by molar-refractivity contribution is 5.92. The van der Waals surface area contributed by atoms with E-state index in [9.17, 15) is 9.90 Å². The van der Waals surface area contributed by atoms with Gasteiger partial charge in [0.05, 0.1) is 12.6 Å². The van der Waals surface area contributed by atoms with Gasteiger partial charge in [0.15, 0.2) is 0 Å². The van der Waals surface area contributed by atoms with Gasteiger partial charge in [0, 0.05) is 11.5 Å². The van der Waals surface area contributed by atoms with E-state index in [1.807, 2.05) is 0 Å². The number of ether oxygens (including phenoxy) is 2. The minimum absolute atomic E-state index is 0.155. The summed E-state index contributed by atoms with van der Waals surface area (Å²) < 4.78 is 11.5. The molecule has 0 aliphatic heterocycles. The normalized spacial score (nSPS) is 11.6. The van der Waals surface area contributed by atoms with E-state index in [0.29, 0.717) is 16.7 Å². The number of aromatic nitrogens is 1. The molecule has 0 radical (unpaired) electrons. The van der Waals surface area contributed by atoms with Crippen LogP contribution in [0.1, 0.15) is 20.8 Å². The molecule has 0 saturated carbocycles. The van der Waals surface area contributed by atoms with Crippen LogP contribution in [0.15, 0.2) is 24.3 Å². The van der Waals surface area contributed by atoms with Crippen molar-refractivity contribution in [2.45, 2.75) is 26.4 Å². The second-order valence-electron chi connectivity index (χ2n) is 5.24. The van der Waals surface area contributed by atoms with Crippen LogP contribution in [0.3, 0.4) is 0 Å². The van der Waals surface area contributed by atoms with Crippen molar-refractivity contribution in [3.05, 3.63) is 24.3 Å². The molecular weight excluding hydrogens is 246 g/mol. The summed E-state index contributed by atoms with van der Waals surface area (Å²) in [6.45, 7) is 5.32. The standard InChI is InChI=1S/C14H17NO4/c1-14(2,3)19-13(17)15-11-6-5-10(18-4)7-9(11)8-12(15)16/h5-8,16H,1-4H3. The first-order valence-electron chi connectivity index (χ1n) is 5.93. The largest absolute Gasteiger partial charge is 0.497 e. The van der Waals surface area contributed by atoms with Gasteiger partial charge in [-0.05, 0) is 39.0 Å². The lowest BCUT2D eigenvalue weighted by molar-refractivity contribution is 0.0533. The summed E-state index contributed by atoms with van der Waals surface area (Å²) in [6, 6.07) is 6.68. The molecule has 102 valence electrons. The number of methoxy groups -OCH3 is 1. The van der Waals surface area contributed by atoms with Crippen LogP contribution in [0, 0.1) is 0 Å². The Kier molecular flexibility index (Phi) is 3.14. The van der Waals surface area contributed by atoms with Crippen molar-refractivity contribution >= 4 is 17.0 Å². The van der Waals surface area contributed by atoms with Gasteiger partial charge in [-0.3, -0.25) is 0 Å². The van der Waals surface area contributed by atoms with Crippen LogP contribution in [-0.4, -0.2) is 28.5 Å². The molecular formula is C14H17NO4. The van der Waals surface area contributed by atoms with Crippen LogP contribution in [0.4, 0.5) is 4.79 Å². The molecule has 2 rings (SSSR count). The zero-order chi connectivity index (χ0) is 14.2. The minimum atomic E-state index is -0.618. The maximum atomic E-state index is 12.1. The number of carbonyl (C=O) groups excluding carboxylic acids is 1. The van der Waals surface area contributed by atoms with Gasteiger partial charge in [-0.25, -0.2) is 9.36 Å². The van der Waals surface area contributed by atoms with E-state index in [1.165, 1.54) is 6.07 Å². The highest BCUT2D eigenvalue weighted by Gasteiger charge is 2.22. The van der Waals surface area contributed by atoms with E-state index >= 15 is 0 Å². The molecule has 0 fully saturated rings. The molecule has 5 nitrogen and oxygen atoms in total. The lowest BCUT2D eigenvalue weighted by atomic mass is 10.2. The summed E-state index contributed by atoms with van der Waals surface area (Å²) >= 11 is 0. The zero-order valence-electron chi connectivity index (χ0n) is 11.4. The fourth-order valence-electron chi connectivity index (χ4n) is 1.81. The molecule has 1 N–H and O–H groups in total. The van der Waals surface area contributed by atoms with E-state index in [0.717, 1.165) is 4.57 Å². The van der Waals surface area contributed by atoms with Crippen LogP contribution in [-0.2, 0) is 4.74 Å². The summed E-state index contributed by atoms with van der Waals surface area (Å²) in [4.78, 5) is 12.1. The molecule has 19 heavy (non-hydrogen) atoms. The van der Waals surface area contributed by atoms with Crippen molar-refractivity contribution in [1.29, 1.82) is 0 Å². The predicted octanol–water partition coefficient (Wildman–Crippen LogP) is 3.14. The smallest absolute Gasteiger partial charge is 0.421 e. The first-order valence-corrected chi connectivity index (χ1v) is 5.93. The van der Waals surface area contributed by atoms with Crippen molar-refractivity contribution in [2.24, 2.45) is 0 Å². The number of aromatic hydroxyl groups is 1. The Balaban J connectivity index is 2.49. The van der Waals surface area contributed by atoms with Crippen molar-refractivity contribution in [3.8, 4) is 11.6 Å².